The lowest BCUT2D eigenvalue weighted by molar-refractivity contribution is -0.298. The number of hydrogen-bond acceptors (Lipinski definition) is 3. The van der Waals surface area contributed by atoms with E-state index in [9.17, 15) is 9.90 Å². The summed E-state index contributed by atoms with van der Waals surface area (Å²) in [6.07, 6.45) is 1.28. The Hall–Kier alpha value is -2.22. The summed E-state index contributed by atoms with van der Waals surface area (Å²) in [6, 6.07) is 8.66. The lowest BCUT2D eigenvalue weighted by Crippen LogP contribution is -2.23. The molecule has 22 heavy (non-hydrogen) atoms. The average Bonchev–Trinajstić information content (AvgIpc) is 2.74. The van der Waals surface area contributed by atoms with E-state index in [1.807, 2.05) is 17.6 Å². The summed E-state index contributed by atoms with van der Waals surface area (Å²) in [7, 11) is 0. The van der Waals surface area contributed by atoms with E-state index in [0.29, 0.717) is 21.3 Å². The number of benzene rings is 1. The molecule has 0 radical (unpaired) electrons. The van der Waals surface area contributed by atoms with Crippen LogP contribution in [0.5, 0.6) is 0 Å². The van der Waals surface area contributed by atoms with Crippen LogP contribution in [0.2, 0.25) is 10.0 Å². The Kier molecular flexibility index (Phi) is 4.60. The molecule has 1 heterocycles. The highest BCUT2D eigenvalue weighted by molar-refractivity contribution is 6.43. The molecule has 0 N–H and O–H groups in total. The number of hydrogen-bond donors (Lipinski definition) is 0. The number of carbonyl (C=O) groups is 1. The van der Waals surface area contributed by atoms with Gasteiger partial charge in [-0.2, -0.15) is 5.26 Å². The highest BCUT2D eigenvalue weighted by atomic mass is 35.5. The highest BCUT2D eigenvalue weighted by Crippen LogP contribution is 2.32. The molecule has 6 heteroatoms. The van der Waals surface area contributed by atoms with Crippen LogP contribution < -0.4 is 5.11 Å². The first kappa shape index (κ1) is 16.2. The number of rotatable bonds is 3. The van der Waals surface area contributed by atoms with Gasteiger partial charge in [-0.15, -0.1) is 0 Å². The molecular formula is C16H11Cl2N2O2-. The number of aromatic nitrogens is 1. The maximum Gasteiger partial charge on any atom is 0.101 e. The van der Waals surface area contributed by atoms with Gasteiger partial charge in [0.1, 0.15) is 6.07 Å². The molecule has 112 valence electrons. The monoisotopic (exact) mass is 333 g/mol. The smallest absolute Gasteiger partial charge is 0.101 e. The van der Waals surface area contributed by atoms with Crippen molar-refractivity contribution in [2.45, 2.75) is 13.8 Å². The highest BCUT2D eigenvalue weighted by Gasteiger charge is 2.14. The third kappa shape index (κ3) is 2.87. The largest absolute Gasteiger partial charge is 0.544 e. The normalized spacial score (nSPS) is 11.3. The molecule has 0 atom stereocenters. The topological polar surface area (TPSA) is 68.8 Å². The van der Waals surface area contributed by atoms with Crippen LogP contribution in [0, 0.1) is 25.2 Å². The molecule has 0 saturated carbocycles. The van der Waals surface area contributed by atoms with Crippen LogP contribution in [0.3, 0.4) is 0 Å². The summed E-state index contributed by atoms with van der Waals surface area (Å²) in [4.78, 5) is 10.9. The summed E-state index contributed by atoms with van der Waals surface area (Å²) < 4.78 is 1.85. The van der Waals surface area contributed by atoms with Crippen LogP contribution >= 0.6 is 23.2 Å². The van der Waals surface area contributed by atoms with E-state index in [0.717, 1.165) is 11.4 Å². The van der Waals surface area contributed by atoms with Crippen molar-refractivity contribution in [2.24, 2.45) is 0 Å². The van der Waals surface area contributed by atoms with Crippen LogP contribution in [0.15, 0.2) is 29.8 Å². The van der Waals surface area contributed by atoms with Gasteiger partial charge >= 0.3 is 0 Å². The summed E-state index contributed by atoms with van der Waals surface area (Å²) in [5.74, 6) is -1.51. The third-order valence-electron chi connectivity index (χ3n) is 3.28. The van der Waals surface area contributed by atoms with Gasteiger partial charge in [-0.1, -0.05) is 29.3 Å². The fourth-order valence-electron chi connectivity index (χ4n) is 2.26. The lowest BCUT2D eigenvalue weighted by Gasteiger charge is -2.12. The molecule has 1 aromatic carbocycles. The van der Waals surface area contributed by atoms with E-state index in [-0.39, 0.29) is 0 Å². The number of nitriles is 1. The summed E-state index contributed by atoms with van der Waals surface area (Å²) in [5, 5.41) is 20.5. The molecule has 1 aromatic heterocycles. The van der Waals surface area contributed by atoms with Crippen LogP contribution in [-0.4, -0.2) is 10.5 Å². The molecule has 0 aliphatic heterocycles. The molecule has 0 amide bonds. The van der Waals surface area contributed by atoms with Crippen molar-refractivity contribution < 1.29 is 9.90 Å². The Morgan fingerprint density at radius 1 is 1.36 bits per heavy atom. The van der Waals surface area contributed by atoms with Crippen molar-refractivity contribution in [2.75, 3.05) is 0 Å². The Bertz CT molecular complexity index is 829. The molecular weight excluding hydrogens is 323 g/mol. The van der Waals surface area contributed by atoms with Gasteiger partial charge in [-0.05, 0) is 43.7 Å². The van der Waals surface area contributed by atoms with Gasteiger partial charge in [0.2, 0.25) is 0 Å². The molecule has 0 aliphatic rings. The van der Waals surface area contributed by atoms with Crippen molar-refractivity contribution >= 4 is 35.2 Å². The van der Waals surface area contributed by atoms with Gasteiger partial charge < -0.3 is 14.5 Å². The SMILES string of the molecule is Cc1cc(/C=C(\C#N)C(=O)[O-])c(C)n1-c1cccc(Cl)c1Cl. The first-order valence-corrected chi connectivity index (χ1v) is 7.09. The minimum Gasteiger partial charge on any atom is -0.544 e. The zero-order chi connectivity index (χ0) is 16.4. The number of carboxylic acids is 1. The van der Waals surface area contributed by atoms with Gasteiger partial charge in [0.05, 0.1) is 27.3 Å². The quantitative estimate of drug-likeness (QED) is 0.640. The van der Waals surface area contributed by atoms with E-state index in [1.165, 1.54) is 6.08 Å². The van der Waals surface area contributed by atoms with Crippen molar-refractivity contribution in [1.29, 1.82) is 5.26 Å². The summed E-state index contributed by atoms with van der Waals surface area (Å²) in [5.41, 5.74) is 2.45. The maximum absolute atomic E-state index is 10.9. The molecule has 4 nitrogen and oxygen atoms in total. The number of carboxylic acid groups (broad SMARTS) is 1. The molecule has 0 saturated heterocycles. The fraction of sp³-hybridized carbons (Fsp3) is 0.125. The molecule has 2 rings (SSSR count). The van der Waals surface area contributed by atoms with E-state index in [2.05, 4.69) is 0 Å². The first-order valence-electron chi connectivity index (χ1n) is 6.33. The van der Waals surface area contributed by atoms with Gasteiger partial charge in [0.15, 0.2) is 0 Å². The van der Waals surface area contributed by atoms with Crippen molar-refractivity contribution in [3.63, 3.8) is 0 Å². The second-order valence-electron chi connectivity index (χ2n) is 4.69. The minimum absolute atomic E-state index is 0.405. The Morgan fingerprint density at radius 3 is 2.64 bits per heavy atom. The number of carbonyl (C=O) groups excluding carboxylic acids is 1. The van der Waals surface area contributed by atoms with Gasteiger partial charge in [0.25, 0.3) is 0 Å². The predicted octanol–water partition coefficient (Wildman–Crippen LogP) is 3.06. The lowest BCUT2D eigenvalue weighted by atomic mass is 10.1. The van der Waals surface area contributed by atoms with E-state index in [1.54, 1.807) is 31.2 Å². The molecule has 0 bridgehead atoms. The van der Waals surface area contributed by atoms with Crippen molar-refractivity contribution in [1.82, 2.24) is 4.57 Å². The zero-order valence-electron chi connectivity index (χ0n) is 11.9. The van der Waals surface area contributed by atoms with E-state index in [4.69, 9.17) is 28.5 Å². The molecule has 0 fully saturated rings. The minimum atomic E-state index is -1.51. The molecule has 0 spiro atoms. The Labute approximate surface area is 137 Å². The molecule has 0 aliphatic carbocycles. The second kappa shape index (κ2) is 6.27. The van der Waals surface area contributed by atoms with Crippen molar-refractivity contribution in [3.8, 4) is 11.8 Å². The first-order chi connectivity index (χ1) is 10.4. The van der Waals surface area contributed by atoms with Crippen LogP contribution in [-0.2, 0) is 4.79 Å². The van der Waals surface area contributed by atoms with Gasteiger partial charge in [-0.3, -0.25) is 0 Å². The third-order valence-corrected chi connectivity index (χ3v) is 4.09. The van der Waals surface area contributed by atoms with Crippen LogP contribution in [0.25, 0.3) is 11.8 Å². The van der Waals surface area contributed by atoms with Crippen LogP contribution in [0.1, 0.15) is 17.0 Å². The van der Waals surface area contributed by atoms with E-state index < -0.39 is 11.5 Å². The average molecular weight is 334 g/mol. The Balaban J connectivity index is 2.65. The number of aliphatic carboxylic acids is 1. The Morgan fingerprint density at radius 2 is 2.05 bits per heavy atom. The maximum atomic E-state index is 10.9. The fourth-order valence-corrected chi connectivity index (χ4v) is 2.64. The van der Waals surface area contributed by atoms with Crippen molar-refractivity contribution in [3.05, 3.63) is 56.8 Å². The summed E-state index contributed by atoms with van der Waals surface area (Å²) >= 11 is 12.3. The predicted molar refractivity (Wildman–Crippen MR) is 83.9 cm³/mol. The zero-order valence-corrected chi connectivity index (χ0v) is 13.4. The molecule has 2 aromatic rings. The van der Waals surface area contributed by atoms with Gasteiger partial charge in [-0.25, -0.2) is 0 Å². The summed E-state index contributed by atoms with van der Waals surface area (Å²) in [6.45, 7) is 3.66. The number of aryl methyl sites for hydroxylation is 1. The second-order valence-corrected chi connectivity index (χ2v) is 5.48. The standard InChI is InChI=1S/C16H12Cl2N2O2/c1-9-6-11(7-12(8-19)16(21)22)10(2)20(9)14-5-3-4-13(17)15(14)18/h3-7H,1-2H3,(H,21,22)/p-1/b12-7+. The number of halogens is 2. The molecule has 0 unspecified atom stereocenters. The number of nitrogens with zero attached hydrogens (tertiary/aromatic N) is 2. The van der Waals surface area contributed by atoms with Crippen LogP contribution in [0.4, 0.5) is 0 Å². The van der Waals surface area contributed by atoms with Gasteiger partial charge in [0, 0.05) is 11.4 Å². The van der Waals surface area contributed by atoms with E-state index >= 15 is 0 Å².